The molecule has 4 rings (SSSR count). The fraction of sp³-hybridized carbons (Fsp3) is 0.828. The molecule has 0 spiro atoms. The van der Waals surface area contributed by atoms with Gasteiger partial charge in [-0.3, -0.25) is 14.4 Å². The minimum atomic E-state index is -2.07. The Morgan fingerprint density at radius 1 is 1.08 bits per heavy atom. The van der Waals surface area contributed by atoms with Crippen molar-refractivity contribution in [3.63, 3.8) is 0 Å². The van der Waals surface area contributed by atoms with Crippen LogP contribution in [-0.4, -0.2) is 67.3 Å². The Balaban J connectivity index is 2.07. The zero-order valence-electron chi connectivity index (χ0n) is 24.9. The van der Waals surface area contributed by atoms with Crippen LogP contribution in [-0.2, 0) is 33.0 Å². The molecular weight excluding hydrogens is 504 g/mol. The lowest BCUT2D eigenvalue weighted by Gasteiger charge is -2.68. The summed E-state index contributed by atoms with van der Waals surface area (Å²) in [4.78, 5) is 40.0. The lowest BCUT2D eigenvalue weighted by atomic mass is 9.42. The quantitative estimate of drug-likeness (QED) is 0.315. The van der Waals surface area contributed by atoms with Gasteiger partial charge in [0.25, 0.3) is 0 Å². The average Bonchev–Trinajstić information content (AvgIpc) is 2.75. The maximum absolute atomic E-state index is 14.8. The number of hydrogen-bond acceptors (Lipinski definition) is 8. The Bertz CT molecular complexity index is 1070. The Morgan fingerprint density at radius 3 is 2.16 bits per heavy atom. The van der Waals surface area contributed by atoms with Crippen molar-refractivity contribution in [3.05, 3.63) is 11.1 Å². The van der Waals surface area contributed by atoms with Crippen molar-refractivity contribution in [2.24, 2.45) is 28.6 Å². The predicted molar refractivity (Wildman–Crippen MR) is 144 cm³/mol. The largest absolute Gasteiger partial charge is 0.459 e. The van der Waals surface area contributed by atoms with E-state index in [-0.39, 0.29) is 24.7 Å². The molecule has 0 amide bonds. The van der Waals surface area contributed by atoms with Crippen molar-refractivity contribution in [3.8, 4) is 0 Å². The smallest absolute Gasteiger partial charge is 0.303 e. The molecule has 0 aromatic heterocycles. The predicted octanol–water partition coefficient (Wildman–Crippen LogP) is 4.20. The first-order chi connectivity index (χ1) is 17.2. The lowest BCUT2D eigenvalue weighted by Crippen LogP contribution is -2.80. The standard InChI is InChI=1S/C29H46O8Si/c1-15-12-21-28(14-34-21,36-19(5)31)23-25(35-18(4)30)29(33)13-20(37-38(9,10)11)16(2)22(26(29,6)7)17(3)24(32)27(15,23)8/h15,17,20-21,23,25,33H,12-14H2,1-11H3/t15-,17+,20-,21+,23?,25?,27+,28-,29+/m0/s1. The van der Waals surface area contributed by atoms with E-state index in [4.69, 9.17) is 18.6 Å². The van der Waals surface area contributed by atoms with E-state index in [2.05, 4.69) is 19.6 Å². The van der Waals surface area contributed by atoms with Gasteiger partial charge in [-0.15, -0.1) is 0 Å². The summed E-state index contributed by atoms with van der Waals surface area (Å²) < 4.78 is 24.8. The van der Waals surface area contributed by atoms with E-state index in [0.29, 0.717) is 6.42 Å². The average molecular weight is 551 g/mol. The molecule has 214 valence electrons. The summed E-state index contributed by atoms with van der Waals surface area (Å²) in [5, 5.41) is 13.0. The minimum Gasteiger partial charge on any atom is -0.459 e. The first-order valence-corrected chi connectivity index (χ1v) is 17.3. The molecule has 9 atom stereocenters. The Labute approximate surface area is 227 Å². The van der Waals surface area contributed by atoms with Crippen LogP contribution < -0.4 is 0 Å². The molecule has 4 aliphatic rings. The van der Waals surface area contributed by atoms with Crippen molar-refractivity contribution in [1.82, 2.24) is 0 Å². The molecule has 38 heavy (non-hydrogen) atoms. The number of Topliss-reactive ketones (excluding diaryl/α,β-unsaturated/α-hetero) is 1. The van der Waals surface area contributed by atoms with Crippen LogP contribution in [0, 0.1) is 28.6 Å². The van der Waals surface area contributed by atoms with Gasteiger partial charge in [0.15, 0.2) is 13.9 Å². The molecule has 0 aromatic carbocycles. The maximum Gasteiger partial charge on any atom is 0.303 e. The van der Waals surface area contributed by atoms with Crippen LogP contribution in [0.1, 0.15) is 68.2 Å². The Morgan fingerprint density at radius 2 is 1.68 bits per heavy atom. The number of esters is 2. The van der Waals surface area contributed by atoms with Crippen molar-refractivity contribution in [2.75, 3.05) is 6.61 Å². The highest BCUT2D eigenvalue weighted by Crippen LogP contribution is 2.66. The first kappa shape index (κ1) is 29.4. The molecule has 2 saturated carbocycles. The summed E-state index contributed by atoms with van der Waals surface area (Å²) in [6.07, 6.45) is -1.32. The van der Waals surface area contributed by atoms with Gasteiger partial charge in [-0.05, 0) is 50.0 Å². The van der Waals surface area contributed by atoms with Gasteiger partial charge in [-0.1, -0.05) is 34.6 Å². The molecule has 2 unspecified atom stereocenters. The van der Waals surface area contributed by atoms with Gasteiger partial charge in [0.05, 0.1) is 18.6 Å². The van der Waals surface area contributed by atoms with Crippen LogP contribution in [0.2, 0.25) is 19.6 Å². The molecule has 9 heteroatoms. The number of carbonyl (C=O) groups is 3. The summed E-state index contributed by atoms with van der Waals surface area (Å²) in [6.45, 7) is 20.7. The summed E-state index contributed by atoms with van der Waals surface area (Å²) in [5.41, 5.74) is -2.99. The van der Waals surface area contributed by atoms with Crippen molar-refractivity contribution in [2.45, 2.75) is 117 Å². The molecule has 1 aliphatic heterocycles. The molecule has 1 N–H and O–H groups in total. The summed E-state index contributed by atoms with van der Waals surface area (Å²) >= 11 is 0. The molecule has 2 bridgehead atoms. The van der Waals surface area contributed by atoms with E-state index in [1.54, 1.807) is 0 Å². The summed E-state index contributed by atoms with van der Waals surface area (Å²) in [5.74, 6) is -2.56. The van der Waals surface area contributed by atoms with Gasteiger partial charge in [0.1, 0.15) is 23.6 Å². The monoisotopic (exact) mass is 550 g/mol. The van der Waals surface area contributed by atoms with E-state index in [1.807, 2.05) is 41.5 Å². The number of ketones is 1. The number of ether oxygens (including phenoxy) is 3. The highest BCUT2D eigenvalue weighted by Gasteiger charge is 2.76. The third-order valence-electron chi connectivity index (χ3n) is 10.2. The number of hydrogen-bond donors (Lipinski definition) is 1. The zero-order chi connectivity index (χ0) is 28.8. The molecule has 0 radical (unpaired) electrons. The Kier molecular flexibility index (Phi) is 6.95. The minimum absolute atomic E-state index is 0.00200. The third-order valence-corrected chi connectivity index (χ3v) is 11.2. The second-order valence-corrected chi connectivity index (χ2v) is 18.4. The molecular formula is C29H46O8Si. The third kappa shape index (κ3) is 3.98. The van der Waals surface area contributed by atoms with Crippen molar-refractivity contribution in [1.29, 1.82) is 0 Å². The second kappa shape index (κ2) is 8.98. The van der Waals surface area contributed by atoms with Gasteiger partial charge in [0.2, 0.25) is 0 Å². The zero-order valence-corrected chi connectivity index (χ0v) is 25.9. The van der Waals surface area contributed by atoms with Gasteiger partial charge >= 0.3 is 11.9 Å². The molecule has 1 saturated heterocycles. The van der Waals surface area contributed by atoms with E-state index in [0.717, 1.165) is 11.1 Å². The summed E-state index contributed by atoms with van der Waals surface area (Å²) in [7, 11) is -2.07. The van der Waals surface area contributed by atoms with Crippen LogP contribution >= 0.6 is 0 Å². The van der Waals surface area contributed by atoms with Gasteiger partial charge in [-0.25, -0.2) is 0 Å². The van der Waals surface area contributed by atoms with Crippen LogP contribution in [0.15, 0.2) is 11.1 Å². The molecule has 8 nitrogen and oxygen atoms in total. The lowest BCUT2D eigenvalue weighted by molar-refractivity contribution is -0.341. The van der Waals surface area contributed by atoms with Crippen LogP contribution in [0.5, 0.6) is 0 Å². The van der Waals surface area contributed by atoms with Gasteiger partial charge in [-0.2, -0.15) is 0 Å². The maximum atomic E-state index is 14.8. The molecule has 3 fully saturated rings. The number of carbonyl (C=O) groups excluding carboxylic acids is 3. The molecule has 1 heterocycles. The SMILES string of the molecule is CC(=O)OC1C2[C@](C)(C(=O)[C@H](C)C3=C(C)[C@@H](O[Si](C)(C)C)C[C@]1(O)C3(C)C)[C@@H](C)C[C@H]1OC[C@@]21OC(C)=O. The second-order valence-electron chi connectivity index (χ2n) is 13.9. The van der Waals surface area contributed by atoms with E-state index in [1.165, 1.54) is 13.8 Å². The fourth-order valence-corrected chi connectivity index (χ4v) is 9.53. The number of rotatable bonds is 4. The topological polar surface area (TPSA) is 108 Å². The van der Waals surface area contributed by atoms with Crippen molar-refractivity contribution < 1.29 is 38.1 Å². The highest BCUT2D eigenvalue weighted by molar-refractivity contribution is 6.69. The van der Waals surface area contributed by atoms with Gasteiger partial charge in [0, 0.05) is 37.0 Å². The first-order valence-electron chi connectivity index (χ1n) is 13.9. The van der Waals surface area contributed by atoms with Gasteiger partial charge < -0.3 is 23.7 Å². The van der Waals surface area contributed by atoms with Crippen molar-refractivity contribution >= 4 is 26.0 Å². The summed E-state index contributed by atoms with van der Waals surface area (Å²) in [6, 6.07) is 0. The van der Waals surface area contributed by atoms with E-state index in [9.17, 15) is 19.5 Å². The number of aliphatic hydroxyl groups is 1. The number of fused-ring (bicyclic) bond motifs is 5. The van der Waals surface area contributed by atoms with Crippen LogP contribution in [0.25, 0.3) is 0 Å². The normalized spacial score (nSPS) is 44.2. The van der Waals surface area contributed by atoms with Crippen LogP contribution in [0.4, 0.5) is 0 Å². The molecule has 0 aromatic rings. The highest BCUT2D eigenvalue weighted by atomic mass is 28.4. The Hall–Kier alpha value is -1.55. The van der Waals surface area contributed by atoms with Crippen LogP contribution in [0.3, 0.4) is 0 Å². The van der Waals surface area contributed by atoms with E-state index < -0.39 is 72.4 Å². The fourth-order valence-electron chi connectivity index (χ4n) is 8.42. The molecule has 3 aliphatic carbocycles. The van der Waals surface area contributed by atoms with E-state index >= 15 is 0 Å².